The fourth-order valence-electron chi connectivity index (χ4n) is 2.58. The molecule has 2 aromatic carbocycles. The molecule has 3 aromatic rings. The van der Waals surface area contributed by atoms with E-state index in [9.17, 15) is 9.59 Å². The molecule has 154 valence electrons. The monoisotopic (exact) mass is 425 g/mol. The predicted molar refractivity (Wildman–Crippen MR) is 114 cm³/mol. The maximum Gasteiger partial charge on any atom is 0.263 e. The topological polar surface area (TPSA) is 89.5 Å². The molecule has 0 aliphatic rings. The third-order valence-corrected chi connectivity index (χ3v) is 4.24. The zero-order valence-corrected chi connectivity index (χ0v) is 17.0. The van der Waals surface area contributed by atoms with Crippen molar-refractivity contribution in [2.24, 2.45) is 0 Å². The Morgan fingerprint density at radius 1 is 1.03 bits per heavy atom. The molecule has 0 bridgehead atoms. The largest absolute Gasteiger partial charge is 0.485 e. The van der Waals surface area contributed by atoms with Crippen LogP contribution in [0.15, 0.2) is 66.9 Å². The highest BCUT2D eigenvalue weighted by molar-refractivity contribution is 6.30. The molecule has 0 saturated heterocycles. The molecule has 0 fully saturated rings. The van der Waals surface area contributed by atoms with Crippen molar-refractivity contribution in [2.75, 3.05) is 19.0 Å². The lowest BCUT2D eigenvalue weighted by Crippen LogP contribution is -2.21. The molecule has 0 atom stereocenters. The van der Waals surface area contributed by atoms with Crippen molar-refractivity contribution in [1.29, 1.82) is 0 Å². The van der Waals surface area contributed by atoms with Gasteiger partial charge in [-0.3, -0.25) is 9.59 Å². The summed E-state index contributed by atoms with van der Waals surface area (Å²) < 4.78 is 11.3. The molecule has 30 heavy (non-hydrogen) atoms. The number of hydrogen-bond acceptors (Lipinski definition) is 5. The van der Waals surface area contributed by atoms with Crippen molar-refractivity contribution < 1.29 is 19.1 Å². The molecule has 0 saturated carbocycles. The number of pyridine rings is 1. The molecule has 0 aliphatic heterocycles. The number of ether oxygens (including phenoxy) is 2. The van der Waals surface area contributed by atoms with E-state index in [1.165, 1.54) is 0 Å². The van der Waals surface area contributed by atoms with Gasteiger partial charge in [0.15, 0.2) is 18.2 Å². The normalized spacial score (nSPS) is 10.2. The number of carbonyl (C=O) groups excluding carboxylic acids is 2. The van der Waals surface area contributed by atoms with Crippen molar-refractivity contribution in [3.8, 4) is 11.5 Å². The minimum Gasteiger partial charge on any atom is -0.485 e. The van der Waals surface area contributed by atoms with E-state index >= 15 is 0 Å². The van der Waals surface area contributed by atoms with Gasteiger partial charge in [0.2, 0.25) is 0 Å². The number of nitrogens with zero attached hydrogens (tertiary/aromatic N) is 1. The second-order valence-corrected chi connectivity index (χ2v) is 6.65. The maximum absolute atomic E-state index is 12.3. The van der Waals surface area contributed by atoms with Gasteiger partial charge < -0.3 is 20.1 Å². The van der Waals surface area contributed by atoms with Gasteiger partial charge in [-0.1, -0.05) is 29.8 Å². The maximum atomic E-state index is 12.3. The Hall–Kier alpha value is -3.58. The number of hydrogen-bond donors (Lipinski definition) is 2. The minimum atomic E-state index is -0.411. The second-order valence-electron chi connectivity index (χ2n) is 6.21. The Kier molecular flexibility index (Phi) is 7.24. The molecular formula is C22H20ClN3O4. The van der Waals surface area contributed by atoms with Crippen LogP contribution >= 0.6 is 11.6 Å². The van der Waals surface area contributed by atoms with Crippen molar-refractivity contribution in [1.82, 2.24) is 10.3 Å². The number of aromatic nitrogens is 1. The molecule has 0 unspecified atom stereocenters. The van der Waals surface area contributed by atoms with Gasteiger partial charge in [-0.15, -0.1) is 0 Å². The first-order valence-corrected chi connectivity index (χ1v) is 9.50. The van der Waals surface area contributed by atoms with Gasteiger partial charge in [0, 0.05) is 23.8 Å². The Morgan fingerprint density at radius 2 is 1.87 bits per heavy atom. The number of rotatable bonds is 8. The van der Waals surface area contributed by atoms with E-state index in [0.717, 1.165) is 5.56 Å². The molecule has 0 aliphatic carbocycles. The highest BCUT2D eigenvalue weighted by Gasteiger charge is 2.11. The van der Waals surface area contributed by atoms with E-state index < -0.39 is 5.91 Å². The summed E-state index contributed by atoms with van der Waals surface area (Å²) >= 11 is 5.99. The zero-order chi connectivity index (χ0) is 21.3. The van der Waals surface area contributed by atoms with E-state index in [4.69, 9.17) is 21.1 Å². The number of nitrogens with one attached hydrogen (secondary N) is 2. The lowest BCUT2D eigenvalue weighted by molar-refractivity contribution is -0.118. The number of anilines is 1. The summed E-state index contributed by atoms with van der Waals surface area (Å²) in [7, 11) is 1.54. The van der Waals surface area contributed by atoms with Crippen molar-refractivity contribution >= 4 is 29.2 Å². The van der Waals surface area contributed by atoms with Crippen LogP contribution in [-0.2, 0) is 11.4 Å². The summed E-state index contributed by atoms with van der Waals surface area (Å²) in [6.07, 6.45) is 1.55. The molecule has 8 heteroatoms. The van der Waals surface area contributed by atoms with Crippen LogP contribution < -0.4 is 20.1 Å². The first kappa shape index (κ1) is 21.1. The van der Waals surface area contributed by atoms with E-state index in [2.05, 4.69) is 15.6 Å². The van der Waals surface area contributed by atoms with E-state index in [-0.39, 0.29) is 24.9 Å². The lowest BCUT2D eigenvalue weighted by atomic mass is 10.2. The molecule has 1 aromatic heterocycles. The predicted octanol–water partition coefficient (Wildman–Crippen LogP) is 3.69. The summed E-state index contributed by atoms with van der Waals surface area (Å²) in [6, 6.07) is 17.3. The summed E-state index contributed by atoms with van der Waals surface area (Å²) in [5, 5.41) is 5.83. The highest BCUT2D eigenvalue weighted by Crippen LogP contribution is 2.23. The Bertz CT molecular complexity index is 1040. The van der Waals surface area contributed by atoms with E-state index in [1.54, 1.807) is 61.8 Å². The van der Waals surface area contributed by atoms with Gasteiger partial charge in [0.1, 0.15) is 12.4 Å². The molecule has 3 rings (SSSR count). The van der Waals surface area contributed by atoms with Gasteiger partial charge in [-0.2, -0.15) is 0 Å². The molecule has 7 nitrogen and oxygen atoms in total. The van der Waals surface area contributed by atoms with Crippen LogP contribution in [0.3, 0.4) is 0 Å². The molecule has 2 N–H and O–H groups in total. The van der Waals surface area contributed by atoms with Gasteiger partial charge >= 0.3 is 0 Å². The van der Waals surface area contributed by atoms with Gasteiger partial charge in [-0.05, 0) is 48.0 Å². The molecular weight excluding hydrogens is 406 g/mol. The van der Waals surface area contributed by atoms with Crippen molar-refractivity contribution in [3.63, 3.8) is 0 Å². The average molecular weight is 426 g/mol. The SMILES string of the molecule is CNC(=O)c1cccc(OCC(=O)Nc2ncccc2OCc2cccc(Cl)c2)c1. The molecule has 2 amide bonds. The van der Waals surface area contributed by atoms with Crippen LogP contribution in [0.4, 0.5) is 5.82 Å². The van der Waals surface area contributed by atoms with Gasteiger partial charge in [-0.25, -0.2) is 4.98 Å². The van der Waals surface area contributed by atoms with Crippen molar-refractivity contribution in [3.05, 3.63) is 83.0 Å². The van der Waals surface area contributed by atoms with E-state index in [1.807, 2.05) is 12.1 Å². The molecule has 0 radical (unpaired) electrons. The molecule has 1 heterocycles. The number of halogens is 1. The quantitative estimate of drug-likeness (QED) is 0.574. The van der Waals surface area contributed by atoms with Crippen LogP contribution in [0, 0.1) is 0 Å². The zero-order valence-electron chi connectivity index (χ0n) is 16.2. The summed E-state index contributed by atoms with van der Waals surface area (Å²) in [6.45, 7) is 0.0272. The Balaban J connectivity index is 1.58. The first-order valence-electron chi connectivity index (χ1n) is 9.12. The standard InChI is InChI=1S/C22H20ClN3O4/c1-24-22(28)16-6-3-8-18(12-16)29-14-20(27)26-21-19(9-4-10-25-21)30-13-15-5-2-7-17(23)11-15/h2-12H,13-14H2,1H3,(H,24,28)(H,25,26,27). The Morgan fingerprint density at radius 3 is 2.67 bits per heavy atom. The van der Waals surface area contributed by atoms with Gasteiger partial charge in [0.05, 0.1) is 0 Å². The van der Waals surface area contributed by atoms with Crippen LogP contribution in [-0.4, -0.2) is 30.5 Å². The fraction of sp³-hybridized carbons (Fsp3) is 0.136. The third-order valence-electron chi connectivity index (χ3n) is 4.01. The third kappa shape index (κ3) is 5.96. The van der Waals surface area contributed by atoms with Crippen molar-refractivity contribution in [2.45, 2.75) is 6.61 Å². The highest BCUT2D eigenvalue weighted by atomic mass is 35.5. The van der Waals surface area contributed by atoms with Gasteiger partial charge in [0.25, 0.3) is 11.8 Å². The summed E-state index contributed by atoms with van der Waals surface area (Å²) in [4.78, 5) is 28.2. The van der Waals surface area contributed by atoms with Crippen LogP contribution in [0.2, 0.25) is 5.02 Å². The smallest absolute Gasteiger partial charge is 0.263 e. The van der Waals surface area contributed by atoms with Crippen LogP contribution in [0.25, 0.3) is 0 Å². The minimum absolute atomic E-state index is 0.236. The van der Waals surface area contributed by atoms with Crippen LogP contribution in [0.1, 0.15) is 15.9 Å². The van der Waals surface area contributed by atoms with E-state index in [0.29, 0.717) is 22.1 Å². The fourth-order valence-corrected chi connectivity index (χ4v) is 2.79. The molecule has 0 spiro atoms. The second kappa shape index (κ2) is 10.3. The van der Waals surface area contributed by atoms with Crippen LogP contribution in [0.5, 0.6) is 11.5 Å². The summed E-state index contributed by atoms with van der Waals surface area (Å²) in [5.41, 5.74) is 1.33. The lowest BCUT2D eigenvalue weighted by Gasteiger charge is -2.12. The summed E-state index contributed by atoms with van der Waals surface area (Å²) in [5.74, 6) is 0.468. The number of benzene rings is 2. The number of carbonyl (C=O) groups is 2. The number of amides is 2. The Labute approximate surface area is 179 Å². The average Bonchev–Trinajstić information content (AvgIpc) is 2.77. The first-order chi connectivity index (χ1) is 14.5.